The number of benzene rings is 1. The zero-order chi connectivity index (χ0) is 13.7. The predicted molar refractivity (Wildman–Crippen MR) is 77.6 cm³/mol. The molecule has 0 saturated heterocycles. The molecule has 3 heteroatoms. The highest BCUT2D eigenvalue weighted by Gasteiger charge is 2.44. The van der Waals surface area contributed by atoms with E-state index in [4.69, 9.17) is 9.47 Å². The summed E-state index contributed by atoms with van der Waals surface area (Å²) in [4.78, 5) is 0. The van der Waals surface area contributed by atoms with Crippen molar-refractivity contribution in [2.45, 2.75) is 44.8 Å². The van der Waals surface area contributed by atoms with Crippen molar-refractivity contribution in [2.75, 3.05) is 20.3 Å². The van der Waals surface area contributed by atoms with E-state index in [2.05, 4.69) is 30.4 Å². The number of hydrogen-bond acceptors (Lipinski definition) is 3. The van der Waals surface area contributed by atoms with Gasteiger partial charge in [0.25, 0.3) is 0 Å². The Kier molecular flexibility index (Phi) is 4.83. The maximum absolute atomic E-state index is 5.84. The summed E-state index contributed by atoms with van der Waals surface area (Å²) in [6.07, 6.45) is 3.50. The Labute approximate surface area is 116 Å². The van der Waals surface area contributed by atoms with Gasteiger partial charge < -0.3 is 14.8 Å². The summed E-state index contributed by atoms with van der Waals surface area (Å²) in [5.41, 5.74) is 1.22. The monoisotopic (exact) mass is 263 g/mol. The van der Waals surface area contributed by atoms with Crippen molar-refractivity contribution in [3.63, 3.8) is 0 Å². The minimum Gasteiger partial charge on any atom is -0.494 e. The highest BCUT2D eigenvalue weighted by atomic mass is 16.5. The number of rotatable bonds is 7. The lowest BCUT2D eigenvalue weighted by atomic mass is 9.72. The molecule has 0 spiro atoms. The summed E-state index contributed by atoms with van der Waals surface area (Å²) in [5.74, 6) is 0.938. The number of ether oxygens (including phenoxy) is 2. The second-order valence-electron chi connectivity index (χ2n) is 5.12. The normalized spacial score (nSPS) is 18.7. The highest BCUT2D eigenvalue weighted by Crippen LogP contribution is 2.45. The molecular formula is C16H25NO2. The second kappa shape index (κ2) is 6.40. The van der Waals surface area contributed by atoms with Crippen LogP contribution in [0.25, 0.3) is 0 Å². The van der Waals surface area contributed by atoms with Gasteiger partial charge in [0.2, 0.25) is 0 Å². The van der Waals surface area contributed by atoms with Crippen molar-refractivity contribution in [3.8, 4) is 5.75 Å². The standard InChI is InChI=1S/C16H25NO2/c1-4-17-15(16(18-3)10-7-11-16)13-8-6-9-14(12-13)19-5-2/h6,8-9,12,15,17H,4-5,7,10-11H2,1-3H3. The Bertz CT molecular complexity index is 396. The zero-order valence-corrected chi connectivity index (χ0v) is 12.2. The molecule has 1 fully saturated rings. The Morgan fingerprint density at radius 1 is 1.32 bits per heavy atom. The Morgan fingerprint density at radius 3 is 2.63 bits per heavy atom. The summed E-state index contributed by atoms with van der Waals surface area (Å²) in [6, 6.07) is 8.62. The van der Waals surface area contributed by atoms with Crippen LogP contribution >= 0.6 is 0 Å². The van der Waals surface area contributed by atoms with E-state index in [1.54, 1.807) is 0 Å². The molecule has 1 unspecified atom stereocenters. The van der Waals surface area contributed by atoms with Crippen molar-refractivity contribution >= 4 is 0 Å². The maximum atomic E-state index is 5.84. The predicted octanol–water partition coefficient (Wildman–Crippen LogP) is 3.31. The highest BCUT2D eigenvalue weighted by molar-refractivity contribution is 5.33. The first-order chi connectivity index (χ1) is 9.25. The molecule has 1 aromatic carbocycles. The van der Waals surface area contributed by atoms with Crippen molar-refractivity contribution in [3.05, 3.63) is 29.8 Å². The van der Waals surface area contributed by atoms with E-state index in [1.165, 1.54) is 12.0 Å². The molecule has 0 aliphatic heterocycles. The van der Waals surface area contributed by atoms with Crippen LogP contribution in [0.5, 0.6) is 5.75 Å². The van der Waals surface area contributed by atoms with E-state index >= 15 is 0 Å². The number of methoxy groups -OCH3 is 1. The molecule has 0 amide bonds. The van der Waals surface area contributed by atoms with Gasteiger partial charge in [-0.15, -0.1) is 0 Å². The fraction of sp³-hybridized carbons (Fsp3) is 0.625. The van der Waals surface area contributed by atoms with Gasteiger partial charge in [-0.25, -0.2) is 0 Å². The van der Waals surface area contributed by atoms with E-state index in [0.717, 1.165) is 25.1 Å². The van der Waals surface area contributed by atoms with Gasteiger partial charge >= 0.3 is 0 Å². The number of nitrogens with one attached hydrogen (secondary N) is 1. The van der Waals surface area contributed by atoms with E-state index in [1.807, 2.05) is 20.1 Å². The fourth-order valence-electron chi connectivity index (χ4n) is 2.90. The van der Waals surface area contributed by atoms with E-state index < -0.39 is 0 Å². The van der Waals surface area contributed by atoms with Crippen molar-refractivity contribution in [1.82, 2.24) is 5.32 Å². The van der Waals surface area contributed by atoms with Crippen molar-refractivity contribution < 1.29 is 9.47 Å². The second-order valence-corrected chi connectivity index (χ2v) is 5.12. The quantitative estimate of drug-likeness (QED) is 0.818. The van der Waals surface area contributed by atoms with Crippen LogP contribution in [0.1, 0.15) is 44.7 Å². The number of hydrogen-bond donors (Lipinski definition) is 1. The lowest BCUT2D eigenvalue weighted by Gasteiger charge is -2.47. The smallest absolute Gasteiger partial charge is 0.119 e. The zero-order valence-electron chi connectivity index (χ0n) is 12.2. The molecule has 1 aliphatic carbocycles. The molecule has 2 rings (SSSR count). The first-order valence-corrected chi connectivity index (χ1v) is 7.27. The van der Waals surface area contributed by atoms with Gasteiger partial charge in [-0.2, -0.15) is 0 Å². The summed E-state index contributed by atoms with van der Waals surface area (Å²) < 4.78 is 11.4. The average Bonchev–Trinajstić information content (AvgIpc) is 2.38. The van der Waals surface area contributed by atoms with E-state index in [9.17, 15) is 0 Å². The summed E-state index contributed by atoms with van der Waals surface area (Å²) in [6.45, 7) is 5.79. The molecule has 1 aromatic rings. The maximum Gasteiger partial charge on any atom is 0.119 e. The largest absolute Gasteiger partial charge is 0.494 e. The minimum atomic E-state index is -0.0408. The summed E-state index contributed by atoms with van der Waals surface area (Å²) in [5, 5.41) is 3.58. The third-order valence-electron chi connectivity index (χ3n) is 4.04. The molecule has 1 atom stereocenters. The van der Waals surface area contributed by atoms with Crippen LogP contribution in [-0.2, 0) is 4.74 Å². The first-order valence-electron chi connectivity index (χ1n) is 7.27. The minimum absolute atomic E-state index is 0.0408. The van der Waals surface area contributed by atoms with E-state index in [0.29, 0.717) is 6.61 Å². The SMILES string of the molecule is CCNC(c1cccc(OCC)c1)C1(OC)CCC1. The topological polar surface area (TPSA) is 30.5 Å². The lowest BCUT2D eigenvalue weighted by Crippen LogP contribution is -2.50. The Morgan fingerprint density at radius 2 is 2.11 bits per heavy atom. The molecule has 0 bridgehead atoms. The molecule has 19 heavy (non-hydrogen) atoms. The van der Waals surface area contributed by atoms with Gasteiger partial charge in [-0.1, -0.05) is 19.1 Å². The molecule has 0 heterocycles. The molecule has 0 aromatic heterocycles. The molecule has 1 saturated carbocycles. The molecule has 1 aliphatic rings. The number of likely N-dealkylation sites (N-methyl/N-ethyl adjacent to an activating group) is 1. The van der Waals surface area contributed by atoms with Crippen LogP contribution in [0.15, 0.2) is 24.3 Å². The summed E-state index contributed by atoms with van der Waals surface area (Å²) >= 11 is 0. The molecule has 3 nitrogen and oxygen atoms in total. The van der Waals surface area contributed by atoms with Crippen LogP contribution in [0.4, 0.5) is 0 Å². The van der Waals surface area contributed by atoms with Gasteiger partial charge in [-0.05, 0) is 50.4 Å². The Hall–Kier alpha value is -1.06. The third-order valence-corrected chi connectivity index (χ3v) is 4.04. The molecule has 0 radical (unpaired) electrons. The van der Waals surface area contributed by atoms with Crippen LogP contribution in [-0.4, -0.2) is 25.9 Å². The van der Waals surface area contributed by atoms with Crippen molar-refractivity contribution in [2.24, 2.45) is 0 Å². The van der Waals surface area contributed by atoms with Crippen LogP contribution in [0.3, 0.4) is 0 Å². The van der Waals surface area contributed by atoms with Gasteiger partial charge in [-0.3, -0.25) is 0 Å². The third kappa shape index (κ3) is 2.93. The van der Waals surface area contributed by atoms with Gasteiger partial charge in [0.1, 0.15) is 5.75 Å². The first kappa shape index (κ1) is 14.4. The van der Waals surface area contributed by atoms with Crippen LogP contribution in [0.2, 0.25) is 0 Å². The van der Waals surface area contributed by atoms with Gasteiger partial charge in [0.15, 0.2) is 0 Å². The summed E-state index contributed by atoms with van der Waals surface area (Å²) in [7, 11) is 1.83. The molecule has 1 N–H and O–H groups in total. The Balaban J connectivity index is 2.25. The van der Waals surface area contributed by atoms with Crippen LogP contribution < -0.4 is 10.1 Å². The van der Waals surface area contributed by atoms with Crippen LogP contribution in [0, 0.1) is 0 Å². The van der Waals surface area contributed by atoms with Crippen molar-refractivity contribution in [1.29, 1.82) is 0 Å². The van der Waals surface area contributed by atoms with Gasteiger partial charge in [0, 0.05) is 7.11 Å². The lowest BCUT2D eigenvalue weighted by molar-refractivity contribution is -0.0995. The van der Waals surface area contributed by atoms with E-state index in [-0.39, 0.29) is 11.6 Å². The molecule has 106 valence electrons. The van der Waals surface area contributed by atoms with Gasteiger partial charge in [0.05, 0.1) is 18.2 Å². The fourth-order valence-corrected chi connectivity index (χ4v) is 2.90. The molecular weight excluding hydrogens is 238 g/mol. The average molecular weight is 263 g/mol.